The first kappa shape index (κ1) is 55.1. The summed E-state index contributed by atoms with van der Waals surface area (Å²) in [5, 5.41) is 39.0. The van der Waals surface area contributed by atoms with Crippen molar-refractivity contribution in [3.8, 4) is 0 Å². The van der Waals surface area contributed by atoms with Crippen LogP contribution in [0.4, 0.5) is 0 Å². The average Bonchev–Trinajstić information content (AvgIpc) is 3.19. The van der Waals surface area contributed by atoms with E-state index in [4.69, 9.17) is 19.1 Å². The van der Waals surface area contributed by atoms with Gasteiger partial charge < -0.3 is 34.8 Å². The van der Waals surface area contributed by atoms with E-state index in [2.05, 4.69) is 42.7 Å². The number of unbranched alkanes of at least 4 members (excludes halogenated alkanes) is 17. The number of phosphoric ester groups is 1. The third-order valence-corrected chi connectivity index (χ3v) is 10.4. The number of rotatable bonds is 41. The number of aliphatic hydroxyl groups is 4. The summed E-state index contributed by atoms with van der Waals surface area (Å²) in [7, 11) is -4.68. The fraction of sp³-hybridized carbons (Fsp3) is 0.818. The number of allylic oxidation sites excluding steroid dienone is 5. The first-order valence-corrected chi connectivity index (χ1v) is 23.6. The molecular formula is C44H81O12P. The maximum absolute atomic E-state index is 12.6. The fourth-order valence-electron chi connectivity index (χ4n) is 5.92. The highest BCUT2D eigenvalue weighted by Gasteiger charge is 2.27. The van der Waals surface area contributed by atoms with Crippen LogP contribution in [0.2, 0.25) is 0 Å². The van der Waals surface area contributed by atoms with Gasteiger partial charge in [-0.25, -0.2) is 4.57 Å². The van der Waals surface area contributed by atoms with E-state index in [0.29, 0.717) is 6.42 Å². The SMILES string of the molecule is CCCCC/C=C\C/C=C\C/C=C\CC(O)C(O)CCCC(=O)OC[C@H](COP(=O)(O)OC[C@@H](O)CO)OC(=O)CCCCCCCCCCCCCCCCC. The van der Waals surface area contributed by atoms with Crippen molar-refractivity contribution in [1.29, 1.82) is 0 Å². The van der Waals surface area contributed by atoms with Crippen LogP contribution in [0.25, 0.3) is 0 Å². The Hall–Kier alpha value is -1.89. The molecule has 5 atom stereocenters. The van der Waals surface area contributed by atoms with E-state index in [9.17, 15) is 34.4 Å². The van der Waals surface area contributed by atoms with Crippen LogP contribution in [0.3, 0.4) is 0 Å². The lowest BCUT2D eigenvalue weighted by Crippen LogP contribution is -2.30. The summed E-state index contributed by atoms with van der Waals surface area (Å²) in [6, 6.07) is 0. The van der Waals surface area contributed by atoms with Crippen LogP contribution < -0.4 is 0 Å². The zero-order valence-electron chi connectivity index (χ0n) is 35.5. The van der Waals surface area contributed by atoms with Crippen molar-refractivity contribution >= 4 is 19.8 Å². The topological polar surface area (TPSA) is 189 Å². The average molecular weight is 833 g/mol. The Bertz CT molecular complexity index is 1080. The second-order valence-corrected chi connectivity index (χ2v) is 16.5. The molecule has 334 valence electrons. The maximum Gasteiger partial charge on any atom is 0.472 e. The minimum absolute atomic E-state index is 0.0707. The highest BCUT2D eigenvalue weighted by Crippen LogP contribution is 2.43. The third-order valence-electron chi connectivity index (χ3n) is 9.50. The summed E-state index contributed by atoms with van der Waals surface area (Å²) >= 11 is 0. The van der Waals surface area contributed by atoms with Crippen LogP contribution in [-0.2, 0) is 32.7 Å². The van der Waals surface area contributed by atoms with Gasteiger partial charge in [-0.3, -0.25) is 18.6 Å². The van der Waals surface area contributed by atoms with E-state index < -0.39 is 70.6 Å². The zero-order chi connectivity index (χ0) is 42.2. The predicted molar refractivity (Wildman–Crippen MR) is 226 cm³/mol. The number of esters is 2. The van der Waals surface area contributed by atoms with Crippen molar-refractivity contribution in [2.45, 2.75) is 205 Å². The van der Waals surface area contributed by atoms with Gasteiger partial charge in [-0.2, -0.15) is 0 Å². The van der Waals surface area contributed by atoms with Gasteiger partial charge in [0.1, 0.15) is 12.7 Å². The van der Waals surface area contributed by atoms with Crippen molar-refractivity contribution in [2.75, 3.05) is 26.4 Å². The highest BCUT2D eigenvalue weighted by atomic mass is 31.2. The molecule has 0 aromatic rings. The van der Waals surface area contributed by atoms with Gasteiger partial charge in [-0.15, -0.1) is 0 Å². The molecule has 0 fully saturated rings. The van der Waals surface area contributed by atoms with Crippen LogP contribution in [0, 0.1) is 0 Å². The van der Waals surface area contributed by atoms with Gasteiger partial charge in [0.25, 0.3) is 0 Å². The number of ether oxygens (including phenoxy) is 2. The Morgan fingerprint density at radius 1 is 0.579 bits per heavy atom. The lowest BCUT2D eigenvalue weighted by atomic mass is 10.0. The first-order chi connectivity index (χ1) is 27.5. The quantitative estimate of drug-likeness (QED) is 0.0170. The Labute approximate surface area is 345 Å². The molecule has 0 saturated carbocycles. The molecule has 0 aromatic carbocycles. The van der Waals surface area contributed by atoms with E-state index in [0.717, 1.165) is 38.5 Å². The van der Waals surface area contributed by atoms with Crippen molar-refractivity contribution in [3.63, 3.8) is 0 Å². The molecule has 0 saturated heterocycles. The van der Waals surface area contributed by atoms with Gasteiger partial charge in [-0.05, 0) is 51.4 Å². The molecule has 0 bridgehead atoms. The van der Waals surface area contributed by atoms with Gasteiger partial charge in [0.05, 0.1) is 32.0 Å². The first-order valence-electron chi connectivity index (χ1n) is 22.1. The highest BCUT2D eigenvalue weighted by molar-refractivity contribution is 7.47. The Balaban J connectivity index is 4.51. The number of aliphatic hydroxyl groups excluding tert-OH is 4. The third kappa shape index (κ3) is 38.1. The van der Waals surface area contributed by atoms with Crippen molar-refractivity contribution in [2.24, 2.45) is 0 Å². The minimum Gasteiger partial charge on any atom is -0.462 e. The number of phosphoric acid groups is 1. The summed E-state index contributed by atoms with van der Waals surface area (Å²) in [4.78, 5) is 35.0. The molecule has 3 unspecified atom stereocenters. The minimum atomic E-state index is -4.68. The summed E-state index contributed by atoms with van der Waals surface area (Å²) in [5.41, 5.74) is 0. The zero-order valence-corrected chi connectivity index (χ0v) is 36.4. The molecular weight excluding hydrogens is 751 g/mol. The van der Waals surface area contributed by atoms with Crippen LogP contribution in [0.15, 0.2) is 36.5 Å². The summed E-state index contributed by atoms with van der Waals surface area (Å²) in [5.74, 6) is -1.21. The number of hydrogen-bond donors (Lipinski definition) is 5. The lowest BCUT2D eigenvalue weighted by Gasteiger charge is -2.20. The van der Waals surface area contributed by atoms with Gasteiger partial charge in [-0.1, -0.05) is 153 Å². The molecule has 0 radical (unpaired) electrons. The van der Waals surface area contributed by atoms with Crippen LogP contribution in [0.5, 0.6) is 0 Å². The summed E-state index contributed by atoms with van der Waals surface area (Å²) < 4.78 is 32.5. The monoisotopic (exact) mass is 833 g/mol. The summed E-state index contributed by atoms with van der Waals surface area (Å²) in [6.45, 7) is 2.03. The van der Waals surface area contributed by atoms with Gasteiger partial charge in [0, 0.05) is 12.8 Å². The molecule has 5 N–H and O–H groups in total. The van der Waals surface area contributed by atoms with E-state index in [-0.39, 0.29) is 32.1 Å². The smallest absolute Gasteiger partial charge is 0.462 e. The molecule has 13 heteroatoms. The van der Waals surface area contributed by atoms with Crippen molar-refractivity contribution < 1.29 is 58.0 Å². The summed E-state index contributed by atoms with van der Waals surface area (Å²) in [6.07, 6.45) is 32.8. The van der Waals surface area contributed by atoms with Crippen molar-refractivity contribution in [1.82, 2.24) is 0 Å². The second-order valence-electron chi connectivity index (χ2n) is 15.0. The van der Waals surface area contributed by atoms with Gasteiger partial charge in [0.2, 0.25) is 0 Å². The normalized spacial score (nSPS) is 15.3. The maximum atomic E-state index is 12.6. The van der Waals surface area contributed by atoms with E-state index in [1.807, 2.05) is 12.2 Å². The molecule has 0 heterocycles. The number of carbonyl (C=O) groups is 2. The molecule has 0 aromatic heterocycles. The van der Waals surface area contributed by atoms with E-state index >= 15 is 0 Å². The van der Waals surface area contributed by atoms with Crippen LogP contribution in [-0.4, -0.2) is 88.1 Å². The van der Waals surface area contributed by atoms with Crippen molar-refractivity contribution in [3.05, 3.63) is 36.5 Å². The lowest BCUT2D eigenvalue weighted by molar-refractivity contribution is -0.161. The molecule has 0 amide bonds. The molecule has 12 nitrogen and oxygen atoms in total. The number of carbonyl (C=O) groups excluding carboxylic acids is 2. The Morgan fingerprint density at radius 2 is 1.07 bits per heavy atom. The molecule has 0 spiro atoms. The second kappa shape index (κ2) is 39.6. The predicted octanol–water partition coefficient (Wildman–Crippen LogP) is 9.50. The standard InChI is InChI=1S/C44H81O12P/c1-3-5-7-9-11-13-15-17-18-19-21-23-25-27-29-33-44(50)56-40(38-55-57(51,52)54-36-39(46)35-45)37-53-43(49)34-30-32-42(48)41(47)31-28-26-24-22-20-16-14-12-10-8-6-4-2/h12,14,20,22,26,28,39-42,45-48H,3-11,13,15-19,21,23-25,27,29-38H2,1-2H3,(H,51,52)/b14-12-,22-20-,28-26-/t39-,40+,41?,42?/m0/s1. The van der Waals surface area contributed by atoms with E-state index in [1.54, 1.807) is 0 Å². The molecule has 0 aliphatic heterocycles. The fourth-order valence-corrected chi connectivity index (χ4v) is 6.71. The molecule has 0 aliphatic rings. The Kier molecular flexibility index (Phi) is 38.3. The molecule has 57 heavy (non-hydrogen) atoms. The largest absolute Gasteiger partial charge is 0.472 e. The van der Waals surface area contributed by atoms with Gasteiger partial charge in [0.15, 0.2) is 6.10 Å². The van der Waals surface area contributed by atoms with Crippen LogP contribution >= 0.6 is 7.82 Å². The van der Waals surface area contributed by atoms with Gasteiger partial charge >= 0.3 is 19.8 Å². The molecule has 0 aliphatic carbocycles. The molecule has 0 rings (SSSR count). The Morgan fingerprint density at radius 3 is 1.65 bits per heavy atom. The number of hydrogen-bond acceptors (Lipinski definition) is 11. The van der Waals surface area contributed by atoms with E-state index in [1.165, 1.54) is 89.9 Å². The van der Waals surface area contributed by atoms with Crippen LogP contribution in [0.1, 0.15) is 181 Å².